The lowest BCUT2D eigenvalue weighted by molar-refractivity contribution is 0.102. The fourth-order valence-electron chi connectivity index (χ4n) is 2.57. The third-order valence-corrected chi connectivity index (χ3v) is 3.74. The molecule has 0 spiro atoms. The summed E-state index contributed by atoms with van der Waals surface area (Å²) in [5, 5.41) is 17.9. The Bertz CT molecular complexity index is 1010. The number of benzene rings is 3. The second-order valence-electron chi connectivity index (χ2n) is 5.19. The van der Waals surface area contributed by atoms with Gasteiger partial charge in [0.15, 0.2) is 0 Å². The van der Waals surface area contributed by atoms with E-state index in [-0.39, 0.29) is 17.0 Å². The van der Waals surface area contributed by atoms with Crippen molar-refractivity contribution in [2.45, 2.75) is 0 Å². The number of rotatable bonds is 4. The van der Waals surface area contributed by atoms with Crippen molar-refractivity contribution in [1.82, 2.24) is 0 Å². The number of para-hydroxylation sites is 2. The third-order valence-electron chi connectivity index (χ3n) is 3.74. The maximum Gasteiger partial charge on any atom is 0.259 e. The minimum atomic E-state index is -0.540. The fraction of sp³-hybridized carbons (Fsp3) is 0.0556. The summed E-state index contributed by atoms with van der Waals surface area (Å²) in [7, 11) is 1.50. The minimum absolute atomic E-state index is 0.00649. The molecule has 3 aromatic carbocycles. The second kappa shape index (κ2) is 6.82. The summed E-state index contributed by atoms with van der Waals surface area (Å²) in [5.41, 5.74) is 9.26. The molecule has 124 valence electrons. The van der Waals surface area contributed by atoms with E-state index in [0.717, 1.165) is 0 Å². The lowest BCUT2D eigenvalue weighted by Crippen LogP contribution is -2.13. The number of methoxy groups -OCH3 is 1. The van der Waals surface area contributed by atoms with E-state index in [9.17, 15) is 9.90 Å². The third kappa shape index (κ3) is 3.04. The van der Waals surface area contributed by atoms with Gasteiger partial charge in [-0.05, 0) is 34.5 Å². The van der Waals surface area contributed by atoms with Gasteiger partial charge in [0.05, 0.1) is 24.0 Å². The van der Waals surface area contributed by atoms with Crippen LogP contribution in [0.15, 0.2) is 59.7 Å². The van der Waals surface area contributed by atoms with Crippen LogP contribution in [0, 0.1) is 0 Å². The molecule has 0 fully saturated rings. The molecule has 0 aliphatic carbocycles. The predicted molar refractivity (Wildman–Crippen MR) is 95.4 cm³/mol. The maximum atomic E-state index is 12.6. The van der Waals surface area contributed by atoms with Gasteiger partial charge in [-0.15, -0.1) is 0 Å². The molecule has 1 amide bonds. The van der Waals surface area contributed by atoms with Crippen LogP contribution in [0.3, 0.4) is 0 Å². The summed E-state index contributed by atoms with van der Waals surface area (Å²) in [6.07, 6.45) is 0. The number of hydrogen-bond donors (Lipinski definition) is 2. The van der Waals surface area contributed by atoms with E-state index in [4.69, 9.17) is 10.3 Å². The van der Waals surface area contributed by atoms with E-state index in [0.29, 0.717) is 22.2 Å². The molecular formula is C18H14N4O3. The molecule has 0 atom stereocenters. The molecule has 2 N–H and O–H groups in total. The van der Waals surface area contributed by atoms with Gasteiger partial charge in [0.2, 0.25) is 0 Å². The van der Waals surface area contributed by atoms with Crippen LogP contribution < -0.4 is 10.1 Å². The quantitative estimate of drug-likeness (QED) is 0.408. The van der Waals surface area contributed by atoms with Crippen LogP contribution >= 0.6 is 0 Å². The van der Waals surface area contributed by atoms with E-state index in [2.05, 4.69) is 15.3 Å². The molecule has 0 saturated heterocycles. The van der Waals surface area contributed by atoms with Gasteiger partial charge in [0.25, 0.3) is 5.91 Å². The lowest BCUT2D eigenvalue weighted by atomic mass is 10.0. The second-order valence-corrected chi connectivity index (χ2v) is 5.19. The zero-order chi connectivity index (χ0) is 17.8. The first-order chi connectivity index (χ1) is 12.2. The highest BCUT2D eigenvalue weighted by Gasteiger charge is 2.18. The number of phenolic OH excluding ortho intramolecular Hbond substituents is 1. The van der Waals surface area contributed by atoms with Gasteiger partial charge < -0.3 is 15.2 Å². The summed E-state index contributed by atoms with van der Waals surface area (Å²) >= 11 is 0. The van der Waals surface area contributed by atoms with Crippen LogP contribution in [0.1, 0.15) is 10.4 Å². The monoisotopic (exact) mass is 334 g/mol. The Morgan fingerprint density at radius 3 is 2.68 bits per heavy atom. The van der Waals surface area contributed by atoms with E-state index >= 15 is 0 Å². The van der Waals surface area contributed by atoms with Gasteiger partial charge in [-0.3, -0.25) is 4.79 Å². The van der Waals surface area contributed by atoms with Crippen LogP contribution in [0.2, 0.25) is 0 Å². The Morgan fingerprint density at radius 1 is 1.20 bits per heavy atom. The van der Waals surface area contributed by atoms with Crippen LogP contribution in [0.4, 0.5) is 11.4 Å². The molecule has 0 saturated carbocycles. The number of fused-ring (bicyclic) bond motifs is 1. The SMILES string of the molecule is COc1ccccc1NC(=O)c1cc2ccccc2c(N=[N+]=[N-])c1O. The highest BCUT2D eigenvalue weighted by Crippen LogP contribution is 2.39. The van der Waals surface area contributed by atoms with Crippen molar-refractivity contribution < 1.29 is 14.6 Å². The average molecular weight is 334 g/mol. The van der Waals surface area contributed by atoms with Crippen LogP contribution in [0.5, 0.6) is 11.5 Å². The first-order valence-electron chi connectivity index (χ1n) is 7.40. The number of carbonyl (C=O) groups excluding carboxylic acids is 1. The molecule has 7 nitrogen and oxygen atoms in total. The largest absolute Gasteiger partial charge is 0.507 e. The van der Waals surface area contributed by atoms with E-state index in [1.165, 1.54) is 7.11 Å². The summed E-state index contributed by atoms with van der Waals surface area (Å²) in [6.45, 7) is 0. The Hall–Kier alpha value is -3.70. The van der Waals surface area contributed by atoms with Crippen molar-refractivity contribution >= 4 is 28.1 Å². The van der Waals surface area contributed by atoms with Gasteiger partial charge in [-0.2, -0.15) is 0 Å². The zero-order valence-corrected chi connectivity index (χ0v) is 13.3. The number of anilines is 1. The molecule has 7 heteroatoms. The Labute approximate surface area is 143 Å². The number of nitrogens with zero attached hydrogens (tertiary/aromatic N) is 3. The van der Waals surface area contributed by atoms with Crippen molar-refractivity contribution in [3.63, 3.8) is 0 Å². The Morgan fingerprint density at radius 2 is 1.92 bits per heavy atom. The Kier molecular flexibility index (Phi) is 4.41. The number of aromatic hydroxyl groups is 1. The molecule has 3 rings (SSSR count). The minimum Gasteiger partial charge on any atom is -0.507 e. The highest BCUT2D eigenvalue weighted by molar-refractivity contribution is 6.12. The van der Waals surface area contributed by atoms with Gasteiger partial charge in [-0.1, -0.05) is 41.5 Å². The number of nitrogens with one attached hydrogen (secondary N) is 1. The molecule has 25 heavy (non-hydrogen) atoms. The smallest absolute Gasteiger partial charge is 0.259 e. The van der Waals surface area contributed by atoms with Crippen LogP contribution in [-0.2, 0) is 0 Å². The van der Waals surface area contributed by atoms with E-state index < -0.39 is 5.91 Å². The predicted octanol–water partition coefficient (Wildman–Crippen LogP) is 4.75. The number of hydrogen-bond acceptors (Lipinski definition) is 4. The standard InChI is InChI=1S/C18H14N4O3/c1-25-15-9-5-4-8-14(15)20-18(24)13-10-11-6-2-3-7-12(11)16(17(13)23)21-22-19/h2-10,23H,1H3,(H,20,24). The highest BCUT2D eigenvalue weighted by atomic mass is 16.5. The lowest BCUT2D eigenvalue weighted by Gasteiger charge is -2.13. The van der Waals surface area contributed by atoms with Crippen molar-refractivity contribution in [2.75, 3.05) is 12.4 Å². The maximum absolute atomic E-state index is 12.6. The summed E-state index contributed by atoms with van der Waals surface area (Å²) < 4.78 is 5.20. The van der Waals surface area contributed by atoms with Gasteiger partial charge in [0, 0.05) is 4.91 Å². The molecular weight excluding hydrogens is 320 g/mol. The summed E-state index contributed by atoms with van der Waals surface area (Å²) in [5.74, 6) is -0.419. The topological polar surface area (TPSA) is 107 Å². The van der Waals surface area contributed by atoms with E-state index in [1.54, 1.807) is 54.6 Å². The first kappa shape index (κ1) is 16.2. The molecule has 0 aliphatic rings. The number of azide groups is 1. The van der Waals surface area contributed by atoms with Crippen LogP contribution in [-0.4, -0.2) is 18.1 Å². The average Bonchev–Trinajstić information content (AvgIpc) is 2.64. The first-order valence-corrected chi connectivity index (χ1v) is 7.40. The molecule has 0 aromatic heterocycles. The molecule has 3 aromatic rings. The van der Waals surface area contributed by atoms with Crippen LogP contribution in [0.25, 0.3) is 21.2 Å². The molecule has 0 heterocycles. The fourth-order valence-corrected chi connectivity index (χ4v) is 2.57. The number of ether oxygens (including phenoxy) is 1. The molecule has 0 aliphatic heterocycles. The summed E-state index contributed by atoms with van der Waals surface area (Å²) in [4.78, 5) is 15.4. The van der Waals surface area contributed by atoms with Gasteiger partial charge in [0.1, 0.15) is 11.5 Å². The van der Waals surface area contributed by atoms with Crippen molar-refractivity contribution in [3.8, 4) is 11.5 Å². The zero-order valence-electron chi connectivity index (χ0n) is 13.3. The normalized spacial score (nSPS) is 10.1. The van der Waals surface area contributed by atoms with Gasteiger partial charge in [-0.25, -0.2) is 0 Å². The Balaban J connectivity index is 2.10. The number of amides is 1. The van der Waals surface area contributed by atoms with Crippen molar-refractivity contribution in [3.05, 3.63) is 70.6 Å². The van der Waals surface area contributed by atoms with Crippen molar-refractivity contribution in [1.29, 1.82) is 0 Å². The van der Waals surface area contributed by atoms with E-state index in [1.807, 2.05) is 0 Å². The van der Waals surface area contributed by atoms with Gasteiger partial charge >= 0.3 is 0 Å². The number of carbonyl (C=O) groups is 1. The molecule has 0 unspecified atom stereocenters. The number of phenols is 1. The summed E-state index contributed by atoms with van der Waals surface area (Å²) in [6, 6.07) is 15.5. The van der Waals surface area contributed by atoms with Crippen molar-refractivity contribution in [2.24, 2.45) is 5.11 Å². The molecule has 0 radical (unpaired) electrons. The molecule has 0 bridgehead atoms.